The Morgan fingerprint density at radius 3 is 2.04 bits per heavy atom. The third-order valence-electron chi connectivity index (χ3n) is 3.10. The van der Waals surface area contributed by atoms with Gasteiger partial charge in [-0.05, 0) is 39.0 Å². The van der Waals surface area contributed by atoms with Crippen molar-refractivity contribution in [1.29, 1.82) is 0 Å². The van der Waals surface area contributed by atoms with Crippen molar-refractivity contribution in [3.05, 3.63) is 35.2 Å². The Morgan fingerprint density at radius 2 is 1.57 bits per heavy atom. The van der Waals surface area contributed by atoms with E-state index in [0.717, 1.165) is 0 Å². The van der Waals surface area contributed by atoms with E-state index in [0.29, 0.717) is 12.1 Å². The normalized spacial score (nSPS) is 12.8. The van der Waals surface area contributed by atoms with E-state index < -0.39 is 46.6 Å². The van der Waals surface area contributed by atoms with Crippen molar-refractivity contribution in [2.75, 3.05) is 0 Å². The van der Waals surface area contributed by atoms with Gasteiger partial charge in [0.05, 0.1) is 11.1 Å². The predicted molar refractivity (Wildman–Crippen MR) is 82.8 cm³/mol. The number of hydrogen-bond acceptors (Lipinski definition) is 5. The highest BCUT2D eigenvalue weighted by molar-refractivity contribution is 5.67. The summed E-state index contributed by atoms with van der Waals surface area (Å²) in [5.41, 5.74) is -4.31. The molecule has 0 saturated heterocycles. The van der Waals surface area contributed by atoms with Gasteiger partial charge in [-0.15, -0.1) is 0 Å². The second-order valence-corrected chi connectivity index (χ2v) is 6.66. The van der Waals surface area contributed by atoms with Crippen molar-refractivity contribution in [3.63, 3.8) is 0 Å². The number of ether oxygens (including phenoxy) is 1. The van der Waals surface area contributed by atoms with Gasteiger partial charge in [-0.1, -0.05) is 5.16 Å². The van der Waals surface area contributed by atoms with Gasteiger partial charge >= 0.3 is 18.4 Å². The first-order valence-electron chi connectivity index (χ1n) is 7.74. The number of benzene rings is 1. The molecular weight excluding hydrogens is 396 g/mol. The lowest BCUT2D eigenvalue weighted by molar-refractivity contribution is -0.143. The summed E-state index contributed by atoms with van der Waals surface area (Å²) < 4.78 is 87.2. The number of carbonyl (C=O) groups is 1. The molecule has 1 N–H and O–H groups in total. The lowest BCUT2D eigenvalue weighted by Crippen LogP contribution is -2.32. The number of alkyl carbamates (subject to hydrolysis) is 1. The zero-order valence-corrected chi connectivity index (χ0v) is 14.8. The third-order valence-corrected chi connectivity index (χ3v) is 3.10. The molecule has 0 bridgehead atoms. The van der Waals surface area contributed by atoms with Crippen LogP contribution < -0.4 is 5.32 Å². The van der Waals surface area contributed by atoms with E-state index in [4.69, 9.17) is 9.26 Å². The Bertz CT molecular complexity index is 820. The largest absolute Gasteiger partial charge is 0.444 e. The van der Waals surface area contributed by atoms with Gasteiger partial charge in [0.25, 0.3) is 0 Å². The maximum atomic E-state index is 12.9. The summed E-state index contributed by atoms with van der Waals surface area (Å²) >= 11 is 0. The van der Waals surface area contributed by atoms with E-state index in [1.165, 1.54) is 0 Å². The van der Waals surface area contributed by atoms with Crippen molar-refractivity contribution >= 4 is 6.09 Å². The minimum Gasteiger partial charge on any atom is -0.444 e. The number of alkyl halides is 6. The van der Waals surface area contributed by atoms with Crippen LogP contribution in [0.25, 0.3) is 11.4 Å². The average Bonchev–Trinajstić information content (AvgIpc) is 2.98. The van der Waals surface area contributed by atoms with Crippen LogP contribution in [-0.2, 0) is 23.6 Å². The van der Waals surface area contributed by atoms with Gasteiger partial charge in [0.1, 0.15) is 12.1 Å². The number of nitrogens with zero attached hydrogens (tertiary/aromatic N) is 2. The maximum absolute atomic E-state index is 12.9. The molecule has 154 valence electrons. The van der Waals surface area contributed by atoms with Crippen molar-refractivity contribution in [3.8, 4) is 11.4 Å². The Kier molecular flexibility index (Phi) is 5.62. The van der Waals surface area contributed by atoms with Crippen LogP contribution in [0.3, 0.4) is 0 Å². The highest BCUT2D eigenvalue weighted by Gasteiger charge is 2.37. The van der Waals surface area contributed by atoms with Crippen LogP contribution >= 0.6 is 0 Å². The summed E-state index contributed by atoms with van der Waals surface area (Å²) in [6, 6.07) is 0.949. The fraction of sp³-hybridized carbons (Fsp3) is 0.438. The fourth-order valence-electron chi connectivity index (χ4n) is 1.99. The molecule has 0 aliphatic carbocycles. The van der Waals surface area contributed by atoms with E-state index in [1.54, 1.807) is 20.8 Å². The zero-order chi connectivity index (χ0) is 21.3. The summed E-state index contributed by atoms with van der Waals surface area (Å²) in [5, 5.41) is 5.65. The Morgan fingerprint density at radius 1 is 1.04 bits per heavy atom. The molecule has 2 rings (SSSR count). The fourth-order valence-corrected chi connectivity index (χ4v) is 1.99. The number of nitrogens with one attached hydrogen (secondary N) is 1. The van der Waals surface area contributed by atoms with Gasteiger partial charge in [-0.3, -0.25) is 0 Å². The van der Waals surface area contributed by atoms with E-state index in [-0.39, 0.29) is 18.5 Å². The molecule has 1 heterocycles. The summed E-state index contributed by atoms with van der Waals surface area (Å²) in [6.45, 7) is 4.56. The molecule has 1 aromatic heterocycles. The Labute approximate surface area is 154 Å². The van der Waals surface area contributed by atoms with Crippen LogP contribution in [0.15, 0.2) is 22.7 Å². The lowest BCUT2D eigenvalue weighted by Gasteiger charge is -2.19. The number of carbonyl (C=O) groups excluding carboxylic acids is 1. The van der Waals surface area contributed by atoms with Crippen LogP contribution in [0, 0.1) is 0 Å². The van der Waals surface area contributed by atoms with Gasteiger partial charge in [0.2, 0.25) is 11.7 Å². The molecule has 0 unspecified atom stereocenters. The predicted octanol–water partition coefficient (Wildman–Crippen LogP) is 4.80. The molecule has 1 amide bonds. The van der Waals surface area contributed by atoms with Crippen molar-refractivity contribution in [2.24, 2.45) is 0 Å². The average molecular weight is 411 g/mol. The molecule has 1 aromatic carbocycles. The van der Waals surface area contributed by atoms with Crippen molar-refractivity contribution in [2.45, 2.75) is 45.3 Å². The third kappa shape index (κ3) is 5.86. The van der Waals surface area contributed by atoms with Crippen LogP contribution in [0.2, 0.25) is 0 Å². The molecule has 0 radical (unpaired) electrons. The van der Waals surface area contributed by atoms with Crippen LogP contribution in [-0.4, -0.2) is 21.8 Å². The second-order valence-electron chi connectivity index (χ2n) is 6.66. The molecule has 28 heavy (non-hydrogen) atoms. The van der Waals surface area contributed by atoms with Crippen LogP contribution in [0.5, 0.6) is 0 Å². The molecule has 0 aliphatic heterocycles. The quantitative estimate of drug-likeness (QED) is 0.735. The molecule has 0 atom stereocenters. The molecule has 2 aromatic rings. The van der Waals surface area contributed by atoms with Crippen molar-refractivity contribution < 1.29 is 40.4 Å². The minimum atomic E-state index is -5.00. The molecular formula is C16H15F6N3O3. The number of hydrogen-bond donors (Lipinski definition) is 1. The SMILES string of the molecule is CC(C)(C)OC(=O)NCc1nc(-c2cc(C(F)(F)F)cc(C(F)(F)F)c2)no1. The molecule has 12 heteroatoms. The van der Waals surface area contributed by atoms with Crippen molar-refractivity contribution in [1.82, 2.24) is 15.5 Å². The summed E-state index contributed by atoms with van der Waals surface area (Å²) in [6.07, 6.45) is -10.8. The molecule has 0 aliphatic rings. The standard InChI is InChI=1S/C16H15F6N3O3/c1-14(2,3)27-13(26)23-7-11-24-12(25-28-11)8-4-9(15(17,18)19)6-10(5-8)16(20,21)22/h4-6H,7H2,1-3H3,(H,23,26). The summed E-state index contributed by atoms with van der Waals surface area (Å²) in [4.78, 5) is 15.3. The number of halogens is 6. The van der Waals surface area contributed by atoms with Gasteiger partial charge in [0, 0.05) is 5.56 Å². The molecule has 0 spiro atoms. The molecule has 0 saturated carbocycles. The number of amides is 1. The van der Waals surface area contributed by atoms with E-state index in [2.05, 4.69) is 15.5 Å². The lowest BCUT2D eigenvalue weighted by atomic mass is 10.0. The topological polar surface area (TPSA) is 77.2 Å². The highest BCUT2D eigenvalue weighted by Crippen LogP contribution is 2.38. The smallest absolute Gasteiger partial charge is 0.416 e. The van der Waals surface area contributed by atoms with Gasteiger partial charge in [-0.2, -0.15) is 31.3 Å². The maximum Gasteiger partial charge on any atom is 0.416 e. The van der Waals surface area contributed by atoms with Crippen LogP contribution in [0.4, 0.5) is 31.1 Å². The van der Waals surface area contributed by atoms with Gasteiger partial charge in [0.15, 0.2) is 0 Å². The Hall–Kier alpha value is -2.79. The highest BCUT2D eigenvalue weighted by atomic mass is 19.4. The van der Waals surface area contributed by atoms with Gasteiger partial charge in [-0.25, -0.2) is 4.79 Å². The van der Waals surface area contributed by atoms with E-state index in [9.17, 15) is 31.1 Å². The summed E-state index contributed by atoms with van der Waals surface area (Å²) in [5.74, 6) is -0.718. The molecule has 0 fully saturated rings. The first kappa shape index (κ1) is 21.5. The first-order valence-corrected chi connectivity index (χ1v) is 7.74. The van der Waals surface area contributed by atoms with E-state index in [1.807, 2.05) is 0 Å². The van der Waals surface area contributed by atoms with E-state index >= 15 is 0 Å². The number of rotatable bonds is 3. The second kappa shape index (κ2) is 7.32. The number of aromatic nitrogens is 2. The minimum absolute atomic E-state index is 0.00540. The summed E-state index contributed by atoms with van der Waals surface area (Å²) in [7, 11) is 0. The van der Waals surface area contributed by atoms with Gasteiger partial charge < -0.3 is 14.6 Å². The molecule has 6 nitrogen and oxygen atoms in total. The first-order chi connectivity index (χ1) is 12.6. The Balaban J connectivity index is 2.25. The van der Waals surface area contributed by atoms with Crippen LogP contribution in [0.1, 0.15) is 37.8 Å². The zero-order valence-electron chi connectivity index (χ0n) is 14.8. The monoisotopic (exact) mass is 411 g/mol.